The van der Waals surface area contributed by atoms with Crippen LogP contribution in [0.2, 0.25) is 0 Å². The Bertz CT molecular complexity index is 827. The number of hydrogen-bond donors (Lipinski definition) is 0. The lowest BCUT2D eigenvalue weighted by Gasteiger charge is -2.01. The van der Waals surface area contributed by atoms with Crippen LogP contribution in [0.5, 0.6) is 0 Å². The average Bonchev–Trinajstić information content (AvgIpc) is 2.56. The smallest absolute Gasteiger partial charge is 0.287 e. The second-order valence-corrected chi connectivity index (χ2v) is 6.33. The minimum Gasteiger partial charge on any atom is -0.290 e. The van der Waals surface area contributed by atoms with E-state index in [9.17, 15) is 4.79 Å². The Hall–Kier alpha value is -2.33. The molecule has 23 heavy (non-hydrogen) atoms. The molecule has 3 aromatic rings. The lowest BCUT2D eigenvalue weighted by Crippen LogP contribution is -2.37. The number of aryl methyl sites for hydroxylation is 1. The molecule has 0 aliphatic heterocycles. The molecule has 2 aromatic carbocycles. The molecule has 1 aromatic heterocycles. The van der Waals surface area contributed by atoms with Gasteiger partial charge in [0.2, 0.25) is 5.78 Å². The van der Waals surface area contributed by atoms with E-state index in [1.807, 2.05) is 48.7 Å². The van der Waals surface area contributed by atoms with E-state index in [0.29, 0.717) is 5.56 Å². The minimum absolute atomic E-state index is 0.0626. The van der Waals surface area contributed by atoms with E-state index in [1.54, 1.807) is 10.9 Å². The molecule has 0 saturated heterocycles. The summed E-state index contributed by atoms with van der Waals surface area (Å²) in [6.07, 6.45) is 3.59. The normalized spacial score (nSPS) is 10.5. The number of carbonyl (C=O) groups excluding carboxylic acids is 1. The van der Waals surface area contributed by atoms with Crippen molar-refractivity contribution in [3.8, 4) is 11.3 Å². The summed E-state index contributed by atoms with van der Waals surface area (Å²) in [6, 6.07) is 17.5. The molecule has 0 amide bonds. The maximum Gasteiger partial charge on any atom is 0.287 e. The quantitative estimate of drug-likeness (QED) is 0.516. The number of ketones is 1. The maximum atomic E-state index is 12.3. The van der Waals surface area contributed by atoms with Gasteiger partial charge in [-0.15, -0.1) is 0 Å². The predicted octanol–water partition coefficient (Wildman–Crippen LogP) is 3.99. The van der Waals surface area contributed by atoms with E-state index in [4.69, 9.17) is 0 Å². The van der Waals surface area contributed by atoms with Crippen LogP contribution in [0.4, 0.5) is 0 Å². The lowest BCUT2D eigenvalue weighted by molar-refractivity contribution is -0.686. The number of Topliss-reactive ketones (excluding diaryl/α,β-unsaturated/α-hetero) is 1. The number of nitrogens with zero attached hydrogens (tertiary/aromatic N) is 2. The van der Waals surface area contributed by atoms with Crippen LogP contribution in [0.1, 0.15) is 15.9 Å². The Morgan fingerprint density at radius 1 is 1.13 bits per heavy atom. The minimum atomic E-state index is 0.0626. The number of rotatable bonds is 4. The first-order valence-electron chi connectivity index (χ1n) is 7.33. The zero-order chi connectivity index (χ0) is 16.2. The van der Waals surface area contributed by atoms with Crippen molar-refractivity contribution in [3.63, 3.8) is 0 Å². The monoisotopic (exact) mass is 367 g/mol. The molecule has 114 valence electrons. The summed E-state index contributed by atoms with van der Waals surface area (Å²) in [5.74, 6) is 0.0626. The third kappa shape index (κ3) is 3.90. The molecule has 0 atom stereocenters. The van der Waals surface area contributed by atoms with Crippen LogP contribution in [0, 0.1) is 6.92 Å². The van der Waals surface area contributed by atoms with Crippen molar-refractivity contribution < 1.29 is 9.36 Å². The molecule has 0 saturated carbocycles. The Labute approximate surface area is 143 Å². The van der Waals surface area contributed by atoms with Gasteiger partial charge in [-0.05, 0) is 30.1 Å². The number of carbonyl (C=O) groups is 1. The van der Waals surface area contributed by atoms with Crippen molar-refractivity contribution in [3.05, 3.63) is 82.7 Å². The van der Waals surface area contributed by atoms with Gasteiger partial charge in [-0.3, -0.25) is 4.79 Å². The first-order chi connectivity index (χ1) is 11.1. The number of benzene rings is 2. The standard InChI is InChI=1S/C19H16BrN2O/c1-14-3-2-4-16(11-14)18-9-10-22(13-21-18)12-19(23)15-5-7-17(20)8-6-15/h2-11,13H,12H2,1H3/q+1. The number of hydrogen-bond acceptors (Lipinski definition) is 2. The zero-order valence-electron chi connectivity index (χ0n) is 12.7. The Morgan fingerprint density at radius 2 is 1.91 bits per heavy atom. The average molecular weight is 368 g/mol. The van der Waals surface area contributed by atoms with E-state index in [0.717, 1.165) is 15.7 Å². The molecule has 4 heteroatoms. The second kappa shape index (κ2) is 6.84. The van der Waals surface area contributed by atoms with Crippen LogP contribution in [-0.2, 0) is 6.54 Å². The molecule has 0 spiro atoms. The summed E-state index contributed by atoms with van der Waals surface area (Å²) < 4.78 is 2.76. The van der Waals surface area contributed by atoms with Crippen LogP contribution < -0.4 is 4.57 Å². The first-order valence-corrected chi connectivity index (χ1v) is 8.12. The van der Waals surface area contributed by atoms with E-state index in [2.05, 4.69) is 40.0 Å². The molecular weight excluding hydrogens is 352 g/mol. The van der Waals surface area contributed by atoms with Gasteiger partial charge in [0.15, 0.2) is 12.2 Å². The lowest BCUT2D eigenvalue weighted by atomic mass is 10.1. The molecule has 0 bridgehead atoms. The van der Waals surface area contributed by atoms with E-state index in [-0.39, 0.29) is 12.3 Å². The summed E-state index contributed by atoms with van der Waals surface area (Å²) >= 11 is 3.37. The molecule has 0 aliphatic carbocycles. The van der Waals surface area contributed by atoms with Crippen LogP contribution in [0.15, 0.2) is 71.6 Å². The summed E-state index contributed by atoms with van der Waals surface area (Å²) in [5.41, 5.74) is 3.88. The third-order valence-electron chi connectivity index (χ3n) is 3.58. The highest BCUT2D eigenvalue weighted by Crippen LogP contribution is 2.16. The van der Waals surface area contributed by atoms with Crippen LogP contribution in [0.25, 0.3) is 11.3 Å². The fourth-order valence-corrected chi connectivity index (χ4v) is 2.61. The van der Waals surface area contributed by atoms with Gasteiger partial charge in [0.25, 0.3) is 6.33 Å². The highest BCUT2D eigenvalue weighted by atomic mass is 79.9. The number of aromatic nitrogens is 2. The molecule has 3 rings (SSSR count). The third-order valence-corrected chi connectivity index (χ3v) is 4.10. The fourth-order valence-electron chi connectivity index (χ4n) is 2.35. The van der Waals surface area contributed by atoms with Gasteiger partial charge in [0.05, 0.1) is 6.20 Å². The van der Waals surface area contributed by atoms with E-state index >= 15 is 0 Å². The molecule has 0 fully saturated rings. The van der Waals surface area contributed by atoms with Gasteiger partial charge in [-0.2, -0.15) is 0 Å². The van der Waals surface area contributed by atoms with E-state index < -0.39 is 0 Å². The molecular formula is C19H16BrN2O+. The first kappa shape index (κ1) is 15.6. The van der Waals surface area contributed by atoms with Gasteiger partial charge in [0.1, 0.15) is 0 Å². The van der Waals surface area contributed by atoms with Crippen LogP contribution in [0.3, 0.4) is 0 Å². The van der Waals surface area contributed by atoms with Crippen LogP contribution >= 0.6 is 15.9 Å². The predicted molar refractivity (Wildman–Crippen MR) is 93.1 cm³/mol. The molecule has 0 unspecified atom stereocenters. The van der Waals surface area contributed by atoms with Crippen molar-refractivity contribution >= 4 is 21.7 Å². The Morgan fingerprint density at radius 3 is 2.57 bits per heavy atom. The van der Waals surface area contributed by atoms with Crippen molar-refractivity contribution in [2.45, 2.75) is 13.5 Å². The number of halogens is 1. The molecule has 0 N–H and O–H groups in total. The fraction of sp³-hybridized carbons (Fsp3) is 0.105. The topological polar surface area (TPSA) is 33.8 Å². The molecule has 0 aliphatic rings. The largest absolute Gasteiger partial charge is 0.290 e. The molecule has 1 heterocycles. The van der Waals surface area contributed by atoms with Gasteiger partial charge in [0, 0.05) is 21.7 Å². The van der Waals surface area contributed by atoms with Crippen molar-refractivity contribution in [2.24, 2.45) is 0 Å². The Balaban J connectivity index is 1.75. The van der Waals surface area contributed by atoms with Crippen molar-refractivity contribution in [1.82, 2.24) is 4.98 Å². The SMILES string of the molecule is Cc1cccc(-c2cc[n+](CC(=O)c3ccc(Br)cc3)cn2)c1. The Kier molecular flexibility index (Phi) is 4.63. The van der Waals surface area contributed by atoms with Gasteiger partial charge in [-0.25, -0.2) is 4.57 Å². The van der Waals surface area contributed by atoms with Gasteiger partial charge < -0.3 is 0 Å². The van der Waals surface area contributed by atoms with Gasteiger partial charge >= 0.3 is 0 Å². The summed E-state index contributed by atoms with van der Waals surface area (Å²) in [4.78, 5) is 16.7. The van der Waals surface area contributed by atoms with Crippen molar-refractivity contribution in [1.29, 1.82) is 0 Å². The molecule has 0 radical (unpaired) electrons. The van der Waals surface area contributed by atoms with Gasteiger partial charge in [-0.1, -0.05) is 51.8 Å². The second-order valence-electron chi connectivity index (χ2n) is 5.42. The highest BCUT2D eigenvalue weighted by molar-refractivity contribution is 9.10. The summed E-state index contributed by atoms with van der Waals surface area (Å²) in [6.45, 7) is 2.34. The molecule has 3 nitrogen and oxygen atoms in total. The van der Waals surface area contributed by atoms with Crippen molar-refractivity contribution in [2.75, 3.05) is 0 Å². The van der Waals surface area contributed by atoms with E-state index in [1.165, 1.54) is 5.56 Å². The zero-order valence-corrected chi connectivity index (χ0v) is 14.3. The highest BCUT2D eigenvalue weighted by Gasteiger charge is 2.11. The maximum absolute atomic E-state index is 12.3. The summed E-state index contributed by atoms with van der Waals surface area (Å²) in [5, 5.41) is 0. The summed E-state index contributed by atoms with van der Waals surface area (Å²) in [7, 11) is 0. The van der Waals surface area contributed by atoms with Crippen LogP contribution in [-0.4, -0.2) is 10.8 Å².